The van der Waals surface area contributed by atoms with Gasteiger partial charge in [-0.15, -0.1) is 0 Å². The van der Waals surface area contributed by atoms with E-state index in [0.717, 1.165) is 0 Å². The molecule has 0 radical (unpaired) electrons. The maximum absolute atomic E-state index is 13.8. The fourth-order valence-electron chi connectivity index (χ4n) is 4.57. The smallest absolute Gasteiger partial charge is 0.290 e. The number of hydrogen-bond donors (Lipinski definition) is 1. The van der Waals surface area contributed by atoms with Crippen LogP contribution in [0.5, 0.6) is 11.5 Å². The minimum Gasteiger partial charge on any atom is -0.503 e. The van der Waals surface area contributed by atoms with E-state index in [1.165, 1.54) is 30.2 Å². The molecule has 9 heteroatoms. The lowest BCUT2D eigenvalue weighted by Crippen LogP contribution is -2.30. The summed E-state index contributed by atoms with van der Waals surface area (Å²) in [7, 11) is 1.51. The lowest BCUT2D eigenvalue weighted by molar-refractivity contribution is -0.130. The Kier molecular flexibility index (Phi) is 6.82. The number of fused-ring (bicyclic) bond motifs is 1. The summed E-state index contributed by atoms with van der Waals surface area (Å²) in [5.74, 6) is -1.66. The molecule has 3 aromatic carbocycles. The van der Waals surface area contributed by atoms with Gasteiger partial charge in [0.05, 0.1) is 25.3 Å². The van der Waals surface area contributed by atoms with Crippen molar-refractivity contribution < 1.29 is 33.0 Å². The average Bonchev–Trinajstić information content (AvgIpc) is 3.44. The van der Waals surface area contributed by atoms with Crippen LogP contribution in [0.15, 0.2) is 82.5 Å². The van der Waals surface area contributed by atoms with E-state index in [1.54, 1.807) is 48.5 Å². The first-order valence-electron chi connectivity index (χ1n) is 11.8. The van der Waals surface area contributed by atoms with Gasteiger partial charge >= 0.3 is 0 Å². The highest BCUT2D eigenvalue weighted by Gasteiger charge is 2.44. The molecule has 0 fully saturated rings. The van der Waals surface area contributed by atoms with Crippen molar-refractivity contribution in [2.24, 2.45) is 0 Å². The number of aliphatic hydroxyl groups excluding tert-OH is 1. The first-order chi connectivity index (χ1) is 18.3. The summed E-state index contributed by atoms with van der Waals surface area (Å²) >= 11 is 6.08. The minimum atomic E-state index is -0.984. The Labute approximate surface area is 222 Å². The van der Waals surface area contributed by atoms with Crippen LogP contribution in [0.25, 0.3) is 11.0 Å². The molecule has 0 aliphatic carbocycles. The zero-order valence-corrected chi connectivity index (χ0v) is 21.3. The van der Waals surface area contributed by atoms with Crippen LogP contribution in [0, 0.1) is 5.82 Å². The molecular weight excluding hydrogens is 513 g/mol. The van der Waals surface area contributed by atoms with Crippen LogP contribution in [0.4, 0.5) is 4.39 Å². The number of Topliss-reactive ketones (excluding diaryl/α,β-unsaturated/α-hetero) is 1. The second-order valence-corrected chi connectivity index (χ2v) is 9.13. The van der Waals surface area contributed by atoms with Crippen molar-refractivity contribution in [2.75, 3.05) is 13.7 Å². The molecule has 4 aromatic rings. The van der Waals surface area contributed by atoms with Gasteiger partial charge in [-0.3, -0.25) is 9.59 Å². The summed E-state index contributed by atoms with van der Waals surface area (Å²) in [6.45, 7) is 2.19. The third-order valence-electron chi connectivity index (χ3n) is 6.32. The molecule has 2 heterocycles. The largest absolute Gasteiger partial charge is 0.503 e. The van der Waals surface area contributed by atoms with Gasteiger partial charge in [0, 0.05) is 17.0 Å². The first-order valence-corrected chi connectivity index (χ1v) is 12.2. The Balaban J connectivity index is 1.62. The Morgan fingerprint density at radius 1 is 1.08 bits per heavy atom. The molecular formula is C29H23ClFNO6. The molecule has 7 nitrogen and oxygen atoms in total. The molecule has 194 valence electrons. The van der Waals surface area contributed by atoms with Gasteiger partial charge < -0.3 is 23.9 Å². The van der Waals surface area contributed by atoms with Crippen molar-refractivity contribution in [1.29, 1.82) is 0 Å². The second kappa shape index (κ2) is 10.2. The highest BCUT2D eigenvalue weighted by atomic mass is 35.5. The van der Waals surface area contributed by atoms with E-state index in [9.17, 15) is 19.1 Å². The normalized spacial score (nSPS) is 15.4. The number of ether oxygens (including phenoxy) is 2. The standard InChI is InChI=1S/C29H23ClFNO6/c1-3-37-23-13-17(6-10-22(23)36-2)26-25(27(33)24-14-18-12-19(30)7-11-21(18)38-24)28(34)29(35)32(26)15-16-4-8-20(31)9-5-16/h4-14,26,34H,3,15H2,1-2H3. The third kappa shape index (κ3) is 4.59. The summed E-state index contributed by atoms with van der Waals surface area (Å²) in [5.41, 5.74) is 1.42. The van der Waals surface area contributed by atoms with Crippen LogP contribution in [-0.2, 0) is 11.3 Å². The lowest BCUT2D eigenvalue weighted by Gasteiger charge is -2.27. The Morgan fingerprint density at radius 3 is 2.55 bits per heavy atom. The van der Waals surface area contributed by atoms with E-state index in [1.807, 2.05) is 6.92 Å². The summed E-state index contributed by atoms with van der Waals surface area (Å²) in [6.07, 6.45) is 0. The lowest BCUT2D eigenvalue weighted by atomic mass is 9.94. The molecule has 1 unspecified atom stereocenters. The van der Waals surface area contributed by atoms with Crippen molar-refractivity contribution in [1.82, 2.24) is 4.90 Å². The predicted molar refractivity (Wildman–Crippen MR) is 139 cm³/mol. The number of aliphatic hydroxyl groups is 1. The number of furan rings is 1. The van der Waals surface area contributed by atoms with E-state index in [0.29, 0.717) is 45.2 Å². The number of carbonyl (C=O) groups is 2. The molecule has 1 aliphatic rings. The van der Waals surface area contributed by atoms with Gasteiger partial charge in [0.2, 0.25) is 5.78 Å². The van der Waals surface area contributed by atoms with Gasteiger partial charge in [-0.05, 0) is 66.6 Å². The average molecular weight is 536 g/mol. The molecule has 1 N–H and O–H groups in total. The van der Waals surface area contributed by atoms with E-state index >= 15 is 0 Å². The zero-order chi connectivity index (χ0) is 27.0. The van der Waals surface area contributed by atoms with Gasteiger partial charge in [0.1, 0.15) is 11.4 Å². The third-order valence-corrected chi connectivity index (χ3v) is 6.55. The fraction of sp³-hybridized carbons (Fsp3) is 0.172. The predicted octanol–water partition coefficient (Wildman–Crippen LogP) is 6.41. The molecule has 0 bridgehead atoms. The number of methoxy groups -OCH3 is 1. The Hall–Kier alpha value is -4.30. The SMILES string of the molecule is CCOc1cc(C2C(C(=O)c3cc4cc(Cl)ccc4o3)=C(O)C(=O)N2Cc2ccc(F)cc2)ccc1OC. The van der Waals surface area contributed by atoms with Gasteiger partial charge in [0.25, 0.3) is 5.91 Å². The van der Waals surface area contributed by atoms with Crippen molar-refractivity contribution >= 4 is 34.3 Å². The maximum Gasteiger partial charge on any atom is 0.290 e. The fourth-order valence-corrected chi connectivity index (χ4v) is 4.75. The number of hydrogen-bond acceptors (Lipinski definition) is 6. The molecule has 5 rings (SSSR count). The molecule has 0 spiro atoms. The van der Waals surface area contributed by atoms with Gasteiger partial charge in [-0.1, -0.05) is 29.8 Å². The van der Waals surface area contributed by atoms with Crippen LogP contribution in [-0.4, -0.2) is 35.4 Å². The number of halogens is 2. The summed E-state index contributed by atoms with van der Waals surface area (Å²) < 4.78 is 30.4. The molecule has 1 aliphatic heterocycles. The van der Waals surface area contributed by atoms with Crippen molar-refractivity contribution in [3.8, 4) is 11.5 Å². The topological polar surface area (TPSA) is 89.2 Å². The van der Waals surface area contributed by atoms with Crippen molar-refractivity contribution in [3.63, 3.8) is 0 Å². The number of carbonyl (C=O) groups excluding carboxylic acids is 2. The van der Waals surface area contributed by atoms with Gasteiger partial charge in [-0.25, -0.2) is 4.39 Å². The van der Waals surface area contributed by atoms with Crippen LogP contribution < -0.4 is 9.47 Å². The molecule has 38 heavy (non-hydrogen) atoms. The van der Waals surface area contributed by atoms with E-state index in [2.05, 4.69) is 0 Å². The molecule has 1 aromatic heterocycles. The number of ketones is 1. The summed E-state index contributed by atoms with van der Waals surface area (Å²) in [4.78, 5) is 28.5. The van der Waals surface area contributed by atoms with Crippen molar-refractivity contribution in [2.45, 2.75) is 19.5 Å². The maximum atomic E-state index is 13.8. The highest BCUT2D eigenvalue weighted by molar-refractivity contribution is 6.31. The number of rotatable bonds is 8. The monoisotopic (exact) mass is 535 g/mol. The van der Waals surface area contributed by atoms with E-state index in [4.69, 9.17) is 25.5 Å². The number of benzene rings is 3. The van der Waals surface area contributed by atoms with Gasteiger partial charge in [-0.2, -0.15) is 0 Å². The summed E-state index contributed by atoms with van der Waals surface area (Å²) in [5, 5.41) is 12.1. The Bertz CT molecular complexity index is 1580. The minimum absolute atomic E-state index is 0.0103. The number of amides is 1. The van der Waals surface area contributed by atoms with Crippen LogP contribution in [0.3, 0.4) is 0 Å². The second-order valence-electron chi connectivity index (χ2n) is 8.69. The summed E-state index contributed by atoms with van der Waals surface area (Å²) in [6, 6.07) is 16.1. The highest BCUT2D eigenvalue weighted by Crippen LogP contribution is 2.43. The van der Waals surface area contributed by atoms with E-state index < -0.39 is 29.3 Å². The van der Waals surface area contributed by atoms with Gasteiger partial charge in [0.15, 0.2) is 23.0 Å². The Morgan fingerprint density at radius 2 is 1.84 bits per heavy atom. The number of nitrogens with zero attached hydrogens (tertiary/aromatic N) is 1. The van der Waals surface area contributed by atoms with Crippen LogP contribution >= 0.6 is 11.6 Å². The van der Waals surface area contributed by atoms with Crippen LogP contribution in [0.1, 0.15) is 34.6 Å². The molecule has 1 atom stereocenters. The van der Waals surface area contributed by atoms with E-state index in [-0.39, 0.29) is 17.9 Å². The van der Waals surface area contributed by atoms with Crippen LogP contribution in [0.2, 0.25) is 5.02 Å². The quantitative estimate of drug-likeness (QED) is 0.262. The van der Waals surface area contributed by atoms with Crippen molar-refractivity contribution in [3.05, 3.63) is 106 Å². The molecule has 0 saturated heterocycles. The molecule has 0 saturated carbocycles. The first kappa shape index (κ1) is 25.4. The zero-order valence-electron chi connectivity index (χ0n) is 20.5. The molecule has 1 amide bonds.